The van der Waals surface area contributed by atoms with Crippen molar-refractivity contribution in [1.82, 2.24) is 0 Å². The molecule has 0 fully saturated rings. The maximum atomic E-state index is 13.4. The minimum Gasteiger partial charge on any atom is -0.495 e. The third kappa shape index (κ3) is 4.98. The maximum absolute atomic E-state index is 13.4. The predicted molar refractivity (Wildman–Crippen MR) is 118 cm³/mol. The van der Waals surface area contributed by atoms with E-state index in [9.17, 15) is 24.1 Å². The average Bonchev–Trinajstić information content (AvgIpc) is 2.78. The van der Waals surface area contributed by atoms with E-state index in [2.05, 4.69) is 16.0 Å². The van der Waals surface area contributed by atoms with Gasteiger partial charge in [0.2, 0.25) is 0 Å². The summed E-state index contributed by atoms with van der Waals surface area (Å²) in [5.74, 6) is -1.39. The van der Waals surface area contributed by atoms with Gasteiger partial charge in [-0.1, -0.05) is 6.07 Å². The number of carbonyl (C=O) groups excluding carboxylic acids is 2. The third-order valence-corrected chi connectivity index (χ3v) is 4.52. The van der Waals surface area contributed by atoms with E-state index in [4.69, 9.17) is 4.74 Å². The van der Waals surface area contributed by atoms with Gasteiger partial charge in [0, 0.05) is 36.1 Å². The molecule has 0 atom stereocenters. The molecule has 2 amide bonds. The third-order valence-electron chi connectivity index (χ3n) is 4.52. The normalized spacial score (nSPS) is 10.2. The number of nitro groups is 1. The highest BCUT2D eigenvalue weighted by atomic mass is 19.1. The molecular formula is C22H19FN4O5. The Bertz CT molecular complexity index is 1200. The zero-order chi connectivity index (χ0) is 23.3. The topological polar surface area (TPSA) is 123 Å². The number of nitrogens with zero attached hydrogens (tertiary/aromatic N) is 1. The lowest BCUT2D eigenvalue weighted by Crippen LogP contribution is -2.16. The number of non-ortho nitro benzene ring substituents is 1. The van der Waals surface area contributed by atoms with Crippen molar-refractivity contribution in [3.05, 3.63) is 87.7 Å². The fourth-order valence-corrected chi connectivity index (χ4v) is 2.96. The summed E-state index contributed by atoms with van der Waals surface area (Å²) in [4.78, 5) is 35.7. The summed E-state index contributed by atoms with van der Waals surface area (Å²) in [6.45, 7) is 0. The molecule has 0 saturated carbocycles. The van der Waals surface area contributed by atoms with Crippen molar-refractivity contribution in [2.24, 2.45) is 0 Å². The van der Waals surface area contributed by atoms with Crippen molar-refractivity contribution >= 4 is 34.6 Å². The summed E-state index contributed by atoms with van der Waals surface area (Å²) in [5.41, 5.74) is 0.902. The van der Waals surface area contributed by atoms with Crippen molar-refractivity contribution in [1.29, 1.82) is 0 Å². The van der Waals surface area contributed by atoms with E-state index in [1.165, 1.54) is 49.6 Å². The molecule has 0 bridgehead atoms. The Hall–Kier alpha value is -4.47. The van der Waals surface area contributed by atoms with E-state index in [0.29, 0.717) is 17.1 Å². The van der Waals surface area contributed by atoms with Gasteiger partial charge in [-0.25, -0.2) is 4.39 Å². The van der Waals surface area contributed by atoms with Crippen LogP contribution in [0.1, 0.15) is 20.7 Å². The van der Waals surface area contributed by atoms with E-state index in [1.807, 2.05) is 0 Å². The Morgan fingerprint density at radius 2 is 1.75 bits per heavy atom. The molecule has 3 aromatic rings. The van der Waals surface area contributed by atoms with Crippen molar-refractivity contribution in [3.63, 3.8) is 0 Å². The van der Waals surface area contributed by atoms with Crippen LogP contribution in [-0.2, 0) is 0 Å². The van der Waals surface area contributed by atoms with E-state index >= 15 is 0 Å². The molecule has 0 unspecified atom stereocenters. The van der Waals surface area contributed by atoms with Gasteiger partial charge in [0.25, 0.3) is 17.5 Å². The van der Waals surface area contributed by atoms with Crippen molar-refractivity contribution in [2.45, 2.75) is 0 Å². The first kappa shape index (κ1) is 22.2. The molecule has 164 valence electrons. The molecule has 0 radical (unpaired) electrons. The van der Waals surface area contributed by atoms with Crippen LogP contribution in [0.2, 0.25) is 0 Å². The second kappa shape index (κ2) is 9.56. The largest absolute Gasteiger partial charge is 0.495 e. The molecular weight excluding hydrogens is 419 g/mol. The number of ether oxygens (including phenoxy) is 1. The number of amides is 2. The van der Waals surface area contributed by atoms with Crippen LogP contribution in [0.25, 0.3) is 0 Å². The van der Waals surface area contributed by atoms with Gasteiger partial charge in [0.15, 0.2) is 0 Å². The molecule has 0 spiro atoms. The van der Waals surface area contributed by atoms with Crippen molar-refractivity contribution in [3.8, 4) is 5.75 Å². The summed E-state index contributed by atoms with van der Waals surface area (Å²) in [7, 11) is 3.00. The number of halogens is 1. The van der Waals surface area contributed by atoms with Gasteiger partial charge >= 0.3 is 0 Å². The first-order valence-electron chi connectivity index (χ1n) is 9.35. The Balaban J connectivity index is 1.87. The lowest BCUT2D eigenvalue weighted by molar-refractivity contribution is -0.384. The number of rotatable bonds is 7. The van der Waals surface area contributed by atoms with Gasteiger partial charge in [-0.2, -0.15) is 0 Å². The molecule has 3 rings (SSSR count). The van der Waals surface area contributed by atoms with Gasteiger partial charge in [-0.05, 0) is 42.5 Å². The number of methoxy groups -OCH3 is 1. The summed E-state index contributed by atoms with van der Waals surface area (Å²) in [5, 5.41) is 19.1. The highest BCUT2D eigenvalue weighted by Crippen LogP contribution is 2.29. The highest BCUT2D eigenvalue weighted by Gasteiger charge is 2.18. The van der Waals surface area contributed by atoms with Crippen LogP contribution in [0.4, 0.5) is 27.1 Å². The molecule has 0 aliphatic heterocycles. The Morgan fingerprint density at radius 3 is 2.41 bits per heavy atom. The summed E-state index contributed by atoms with van der Waals surface area (Å²) in [6.07, 6.45) is 0. The lowest BCUT2D eigenvalue weighted by atomic mass is 10.1. The molecule has 0 aliphatic rings. The number of carbonyl (C=O) groups is 2. The first-order chi connectivity index (χ1) is 15.3. The zero-order valence-electron chi connectivity index (χ0n) is 17.1. The van der Waals surface area contributed by atoms with Crippen molar-refractivity contribution in [2.75, 3.05) is 30.1 Å². The fourth-order valence-electron chi connectivity index (χ4n) is 2.96. The predicted octanol–water partition coefficient (Wildman–Crippen LogP) is 4.29. The molecule has 0 heterocycles. The maximum Gasteiger partial charge on any atom is 0.270 e. The SMILES string of the molecule is CNc1ccc([N+](=O)[O-])cc1C(=O)Nc1ccc(OC)c(NC(=O)c2cccc(F)c2)c1. The van der Waals surface area contributed by atoms with Crippen LogP contribution in [0, 0.1) is 15.9 Å². The summed E-state index contributed by atoms with van der Waals surface area (Å²) >= 11 is 0. The van der Waals surface area contributed by atoms with Gasteiger partial charge < -0.3 is 20.7 Å². The molecule has 32 heavy (non-hydrogen) atoms. The fraction of sp³-hybridized carbons (Fsp3) is 0.0909. The number of anilines is 3. The molecule has 0 aliphatic carbocycles. The first-order valence-corrected chi connectivity index (χ1v) is 9.35. The molecule has 9 nitrogen and oxygen atoms in total. The van der Waals surface area contributed by atoms with Gasteiger partial charge in [0.05, 0.1) is 23.3 Å². The number of hydrogen-bond donors (Lipinski definition) is 3. The van der Waals surface area contributed by atoms with E-state index < -0.39 is 22.6 Å². The second-order valence-electron chi connectivity index (χ2n) is 6.57. The minimum absolute atomic E-state index is 0.0721. The van der Waals surface area contributed by atoms with Crippen LogP contribution < -0.4 is 20.7 Å². The number of nitro benzene ring substituents is 1. The van der Waals surface area contributed by atoms with Crippen LogP contribution in [-0.4, -0.2) is 30.9 Å². The average molecular weight is 438 g/mol. The Morgan fingerprint density at radius 1 is 0.969 bits per heavy atom. The van der Waals surface area contributed by atoms with Crippen LogP contribution >= 0.6 is 0 Å². The minimum atomic E-state index is -0.594. The van der Waals surface area contributed by atoms with E-state index in [1.54, 1.807) is 13.1 Å². The van der Waals surface area contributed by atoms with Crippen LogP contribution in [0.3, 0.4) is 0 Å². The lowest BCUT2D eigenvalue weighted by Gasteiger charge is -2.14. The standard InChI is InChI=1S/C22H19FN4O5/c1-24-18-8-7-16(27(30)31)12-17(18)22(29)25-15-6-9-20(32-2)19(11-15)26-21(28)13-4-3-5-14(23)10-13/h3-12,24H,1-2H3,(H,25,29)(H,26,28). The zero-order valence-corrected chi connectivity index (χ0v) is 17.1. The number of benzene rings is 3. The quantitative estimate of drug-likeness (QED) is 0.374. The number of hydrogen-bond acceptors (Lipinski definition) is 6. The summed E-state index contributed by atoms with van der Waals surface area (Å²) < 4.78 is 18.7. The van der Waals surface area contributed by atoms with E-state index in [0.717, 1.165) is 12.1 Å². The van der Waals surface area contributed by atoms with Gasteiger partial charge in [-0.15, -0.1) is 0 Å². The molecule has 3 aromatic carbocycles. The second-order valence-corrected chi connectivity index (χ2v) is 6.57. The molecule has 0 saturated heterocycles. The van der Waals surface area contributed by atoms with Gasteiger partial charge in [-0.3, -0.25) is 19.7 Å². The molecule has 3 N–H and O–H groups in total. The Labute approximate surface area is 182 Å². The smallest absolute Gasteiger partial charge is 0.270 e. The monoisotopic (exact) mass is 438 g/mol. The number of nitrogens with one attached hydrogen (secondary N) is 3. The van der Waals surface area contributed by atoms with E-state index in [-0.39, 0.29) is 22.5 Å². The van der Waals surface area contributed by atoms with Crippen LogP contribution in [0.15, 0.2) is 60.7 Å². The van der Waals surface area contributed by atoms with Gasteiger partial charge in [0.1, 0.15) is 11.6 Å². The molecule has 10 heteroatoms. The van der Waals surface area contributed by atoms with Crippen molar-refractivity contribution < 1.29 is 23.6 Å². The Kier molecular flexibility index (Phi) is 6.64. The summed E-state index contributed by atoms with van der Waals surface area (Å²) in [6, 6.07) is 13.6. The highest BCUT2D eigenvalue weighted by molar-refractivity contribution is 6.09. The molecule has 0 aromatic heterocycles. The van der Waals surface area contributed by atoms with Crippen LogP contribution in [0.5, 0.6) is 5.75 Å².